The second-order valence-electron chi connectivity index (χ2n) is 7.00. The van der Waals surface area contributed by atoms with Crippen molar-refractivity contribution < 1.29 is 14.3 Å². The Morgan fingerprint density at radius 3 is 2.47 bits per heavy atom. The van der Waals surface area contributed by atoms with Crippen LogP contribution in [0, 0.1) is 13.8 Å². The lowest BCUT2D eigenvalue weighted by atomic mass is 10.1. The third-order valence-corrected chi connectivity index (χ3v) is 5.12. The summed E-state index contributed by atoms with van der Waals surface area (Å²) < 4.78 is 12.2. The molecule has 3 aromatic carbocycles. The van der Waals surface area contributed by atoms with E-state index in [4.69, 9.17) is 9.47 Å². The Labute approximate surface area is 185 Å². The molecule has 0 aromatic heterocycles. The Hall–Kier alpha value is -2.99. The highest BCUT2D eigenvalue weighted by atomic mass is 79.9. The molecule has 0 aliphatic heterocycles. The number of halogens is 1. The number of anilines is 2. The number of carbonyl (C=O) groups is 1. The topological polar surface area (TPSA) is 59.6 Å². The minimum absolute atomic E-state index is 0.0970. The van der Waals surface area contributed by atoms with Crippen LogP contribution < -0.4 is 20.1 Å². The summed E-state index contributed by atoms with van der Waals surface area (Å²) in [7, 11) is 1.59. The molecular formula is C24H25BrN2O3. The van der Waals surface area contributed by atoms with Crippen molar-refractivity contribution in [2.75, 3.05) is 24.4 Å². The zero-order valence-electron chi connectivity index (χ0n) is 17.3. The van der Waals surface area contributed by atoms with Crippen molar-refractivity contribution in [3.63, 3.8) is 0 Å². The van der Waals surface area contributed by atoms with Crippen LogP contribution in [0.1, 0.15) is 16.7 Å². The Kier molecular flexibility index (Phi) is 7.36. The summed E-state index contributed by atoms with van der Waals surface area (Å²) in [4.78, 5) is 12.3. The lowest BCUT2D eigenvalue weighted by Gasteiger charge is -2.14. The van der Waals surface area contributed by atoms with Crippen LogP contribution in [0.4, 0.5) is 11.4 Å². The number of amides is 1. The number of nitrogens with one attached hydrogen (secondary N) is 2. The van der Waals surface area contributed by atoms with Crippen LogP contribution in [0.3, 0.4) is 0 Å². The van der Waals surface area contributed by atoms with Gasteiger partial charge < -0.3 is 20.1 Å². The predicted octanol–water partition coefficient (Wildman–Crippen LogP) is 5.70. The molecule has 0 unspecified atom stereocenters. The van der Waals surface area contributed by atoms with Gasteiger partial charge in [-0.3, -0.25) is 4.79 Å². The van der Waals surface area contributed by atoms with Crippen LogP contribution in [0.25, 0.3) is 0 Å². The smallest absolute Gasteiger partial charge is 0.262 e. The zero-order chi connectivity index (χ0) is 21.5. The summed E-state index contributed by atoms with van der Waals surface area (Å²) in [6, 6.07) is 19.6. The van der Waals surface area contributed by atoms with Gasteiger partial charge in [0.15, 0.2) is 18.1 Å². The normalized spacial score (nSPS) is 10.4. The number of carbonyl (C=O) groups excluding carboxylic acids is 1. The van der Waals surface area contributed by atoms with Crippen molar-refractivity contribution in [2.45, 2.75) is 20.4 Å². The number of rotatable bonds is 8. The standard InChI is InChI=1S/C24H25BrN2O3/c1-16-4-5-17(2)21(12-16)27-24(28)15-30-22-11-6-18(13-23(22)29-3)14-26-20-9-7-19(25)8-10-20/h4-13,26H,14-15H2,1-3H3,(H,27,28). The third kappa shape index (κ3) is 6.00. The number of methoxy groups -OCH3 is 1. The highest BCUT2D eigenvalue weighted by Crippen LogP contribution is 2.28. The molecule has 0 saturated carbocycles. The number of benzene rings is 3. The summed E-state index contributed by atoms with van der Waals surface area (Å²) >= 11 is 3.43. The van der Waals surface area contributed by atoms with E-state index in [9.17, 15) is 4.79 Å². The van der Waals surface area contributed by atoms with Gasteiger partial charge >= 0.3 is 0 Å². The Morgan fingerprint density at radius 2 is 1.73 bits per heavy atom. The summed E-state index contributed by atoms with van der Waals surface area (Å²) in [6.45, 7) is 4.50. The molecule has 0 atom stereocenters. The van der Waals surface area contributed by atoms with Crippen molar-refractivity contribution in [3.05, 3.63) is 81.8 Å². The molecule has 0 fully saturated rings. The second kappa shape index (κ2) is 10.2. The fraction of sp³-hybridized carbons (Fsp3) is 0.208. The summed E-state index contributed by atoms with van der Waals surface area (Å²) in [5, 5.41) is 6.26. The largest absolute Gasteiger partial charge is 0.493 e. The van der Waals surface area contributed by atoms with Gasteiger partial charge in [0.05, 0.1) is 7.11 Å². The van der Waals surface area contributed by atoms with Crippen molar-refractivity contribution in [2.24, 2.45) is 0 Å². The average Bonchev–Trinajstić information content (AvgIpc) is 2.74. The lowest BCUT2D eigenvalue weighted by Crippen LogP contribution is -2.21. The van der Waals surface area contributed by atoms with Crippen LogP contribution in [-0.2, 0) is 11.3 Å². The highest BCUT2D eigenvalue weighted by Gasteiger charge is 2.10. The minimum Gasteiger partial charge on any atom is -0.493 e. The fourth-order valence-electron chi connectivity index (χ4n) is 2.91. The van der Waals surface area contributed by atoms with Gasteiger partial charge in [-0.2, -0.15) is 0 Å². The van der Waals surface area contributed by atoms with Crippen molar-refractivity contribution in [1.29, 1.82) is 0 Å². The molecule has 5 nitrogen and oxygen atoms in total. The number of aryl methyl sites for hydroxylation is 2. The van der Waals surface area contributed by atoms with Gasteiger partial charge in [-0.05, 0) is 73.0 Å². The fourth-order valence-corrected chi connectivity index (χ4v) is 3.18. The third-order valence-electron chi connectivity index (χ3n) is 4.59. The first kappa shape index (κ1) is 21.7. The Balaban J connectivity index is 1.58. The summed E-state index contributed by atoms with van der Waals surface area (Å²) in [6.07, 6.45) is 0. The molecule has 0 saturated heterocycles. The molecule has 0 aliphatic carbocycles. The van der Waals surface area contributed by atoms with Gasteiger partial charge in [-0.1, -0.05) is 34.1 Å². The molecule has 0 bridgehead atoms. The van der Waals surface area contributed by atoms with Crippen molar-refractivity contribution in [1.82, 2.24) is 0 Å². The molecule has 2 N–H and O–H groups in total. The second-order valence-corrected chi connectivity index (χ2v) is 7.92. The van der Waals surface area contributed by atoms with Crippen molar-refractivity contribution in [3.8, 4) is 11.5 Å². The monoisotopic (exact) mass is 468 g/mol. The van der Waals surface area contributed by atoms with Crippen LogP contribution in [0.5, 0.6) is 11.5 Å². The maximum absolute atomic E-state index is 12.3. The van der Waals surface area contributed by atoms with Gasteiger partial charge in [-0.15, -0.1) is 0 Å². The molecule has 156 valence electrons. The van der Waals surface area contributed by atoms with Gasteiger partial charge in [0.25, 0.3) is 5.91 Å². The molecule has 0 heterocycles. The highest BCUT2D eigenvalue weighted by molar-refractivity contribution is 9.10. The van der Waals surface area contributed by atoms with E-state index in [-0.39, 0.29) is 12.5 Å². The van der Waals surface area contributed by atoms with Gasteiger partial charge in [0, 0.05) is 22.4 Å². The Morgan fingerprint density at radius 1 is 0.967 bits per heavy atom. The van der Waals surface area contributed by atoms with E-state index in [0.717, 1.165) is 32.5 Å². The first-order valence-corrected chi connectivity index (χ1v) is 10.4. The summed E-state index contributed by atoms with van der Waals surface area (Å²) in [5.74, 6) is 0.900. The molecule has 6 heteroatoms. The van der Waals surface area contributed by atoms with Crippen LogP contribution >= 0.6 is 15.9 Å². The molecule has 3 aromatic rings. The molecule has 30 heavy (non-hydrogen) atoms. The number of hydrogen-bond acceptors (Lipinski definition) is 4. The van der Waals surface area contributed by atoms with E-state index in [1.54, 1.807) is 7.11 Å². The van der Waals surface area contributed by atoms with E-state index in [2.05, 4.69) is 26.6 Å². The van der Waals surface area contributed by atoms with Crippen LogP contribution in [0.15, 0.2) is 65.1 Å². The molecule has 3 rings (SSSR count). The molecular weight excluding hydrogens is 444 g/mol. The first-order chi connectivity index (χ1) is 14.4. The van der Waals surface area contributed by atoms with E-state index < -0.39 is 0 Å². The SMILES string of the molecule is COc1cc(CNc2ccc(Br)cc2)ccc1OCC(=O)Nc1cc(C)ccc1C. The number of hydrogen-bond donors (Lipinski definition) is 2. The van der Waals surface area contributed by atoms with E-state index >= 15 is 0 Å². The van der Waals surface area contributed by atoms with E-state index in [1.807, 2.05) is 74.5 Å². The first-order valence-electron chi connectivity index (χ1n) is 9.61. The maximum Gasteiger partial charge on any atom is 0.262 e. The Bertz CT molecular complexity index is 1020. The molecule has 0 radical (unpaired) electrons. The molecule has 0 aliphatic rings. The van der Waals surface area contributed by atoms with Gasteiger partial charge in [0.2, 0.25) is 0 Å². The number of ether oxygens (including phenoxy) is 2. The van der Waals surface area contributed by atoms with Crippen LogP contribution in [-0.4, -0.2) is 19.6 Å². The quantitative estimate of drug-likeness (QED) is 0.444. The van der Waals surface area contributed by atoms with E-state index in [1.165, 1.54) is 0 Å². The minimum atomic E-state index is -0.216. The lowest BCUT2D eigenvalue weighted by molar-refractivity contribution is -0.118. The maximum atomic E-state index is 12.3. The summed E-state index contributed by atoms with van der Waals surface area (Å²) in [5.41, 5.74) is 4.97. The molecule has 0 spiro atoms. The van der Waals surface area contributed by atoms with E-state index in [0.29, 0.717) is 18.0 Å². The van der Waals surface area contributed by atoms with Crippen LogP contribution in [0.2, 0.25) is 0 Å². The predicted molar refractivity (Wildman–Crippen MR) is 125 cm³/mol. The van der Waals surface area contributed by atoms with Gasteiger partial charge in [-0.25, -0.2) is 0 Å². The zero-order valence-corrected chi connectivity index (χ0v) is 18.9. The average molecular weight is 469 g/mol. The molecule has 1 amide bonds. The van der Waals surface area contributed by atoms with Crippen molar-refractivity contribution >= 4 is 33.2 Å². The van der Waals surface area contributed by atoms with Gasteiger partial charge in [0.1, 0.15) is 0 Å².